The van der Waals surface area contributed by atoms with Gasteiger partial charge in [0.1, 0.15) is 12.1 Å². The van der Waals surface area contributed by atoms with E-state index in [1.54, 1.807) is 16.8 Å². The predicted molar refractivity (Wildman–Crippen MR) is 96.4 cm³/mol. The molecular formula is C19H18ClFN4. The first-order valence-corrected chi connectivity index (χ1v) is 8.74. The summed E-state index contributed by atoms with van der Waals surface area (Å²) in [5, 5.41) is 8.07. The molecule has 0 bridgehead atoms. The summed E-state index contributed by atoms with van der Waals surface area (Å²) in [5.74, 6) is 0.307. The average Bonchev–Trinajstić information content (AvgIpc) is 3.10. The van der Waals surface area contributed by atoms with Gasteiger partial charge in [-0.15, -0.1) is 0 Å². The molecule has 1 aliphatic rings. The third kappa shape index (κ3) is 2.89. The molecule has 0 spiro atoms. The van der Waals surface area contributed by atoms with Crippen LogP contribution in [0.5, 0.6) is 0 Å². The second kappa shape index (κ2) is 6.48. The van der Waals surface area contributed by atoms with E-state index in [-0.39, 0.29) is 17.9 Å². The molecule has 0 saturated heterocycles. The first kappa shape index (κ1) is 16.1. The van der Waals surface area contributed by atoms with Crippen molar-refractivity contribution in [3.05, 3.63) is 76.3 Å². The zero-order chi connectivity index (χ0) is 17.4. The standard InChI is InChI=1S/C19H18ClFN4/c1-2-12-6-8-13(9-7-12)16-10-17(25-19(24-16)22-11-23-25)18-14(20)4-3-5-15(18)21/h3-9,11,16-17H,2,10H2,1H3,(H,22,23,24)/t16-,17+/m1/s1. The van der Waals surface area contributed by atoms with E-state index < -0.39 is 0 Å². The normalized spacial score (nSPS) is 19.3. The minimum absolute atomic E-state index is 0.0169. The fraction of sp³-hybridized carbons (Fsp3) is 0.263. The summed E-state index contributed by atoms with van der Waals surface area (Å²) in [7, 11) is 0. The zero-order valence-electron chi connectivity index (χ0n) is 13.8. The van der Waals surface area contributed by atoms with E-state index in [2.05, 4.69) is 46.6 Å². The van der Waals surface area contributed by atoms with E-state index in [1.807, 2.05) is 0 Å². The topological polar surface area (TPSA) is 42.7 Å². The third-order valence-electron chi connectivity index (χ3n) is 4.75. The number of halogens is 2. The molecule has 2 aromatic carbocycles. The molecule has 4 nitrogen and oxygen atoms in total. The van der Waals surface area contributed by atoms with Crippen LogP contribution in [0.4, 0.5) is 10.3 Å². The number of rotatable bonds is 3. The molecule has 0 aliphatic carbocycles. The van der Waals surface area contributed by atoms with E-state index in [1.165, 1.54) is 18.0 Å². The van der Waals surface area contributed by atoms with Crippen LogP contribution < -0.4 is 5.32 Å². The van der Waals surface area contributed by atoms with E-state index >= 15 is 0 Å². The largest absolute Gasteiger partial charge is 0.348 e. The number of fused-ring (bicyclic) bond motifs is 1. The van der Waals surface area contributed by atoms with Crippen LogP contribution in [0, 0.1) is 5.82 Å². The predicted octanol–water partition coefficient (Wildman–Crippen LogP) is 4.78. The van der Waals surface area contributed by atoms with Gasteiger partial charge >= 0.3 is 0 Å². The van der Waals surface area contributed by atoms with Crippen molar-refractivity contribution in [2.24, 2.45) is 0 Å². The molecular weight excluding hydrogens is 339 g/mol. The Morgan fingerprint density at radius 2 is 2.04 bits per heavy atom. The van der Waals surface area contributed by atoms with Crippen molar-refractivity contribution < 1.29 is 4.39 Å². The Balaban J connectivity index is 1.75. The molecule has 4 rings (SSSR count). The van der Waals surface area contributed by atoms with Gasteiger partial charge in [-0.05, 0) is 36.1 Å². The second-order valence-corrected chi connectivity index (χ2v) is 6.61. The maximum absolute atomic E-state index is 14.5. The summed E-state index contributed by atoms with van der Waals surface area (Å²) in [6.45, 7) is 2.13. The van der Waals surface area contributed by atoms with Crippen LogP contribution in [0.1, 0.15) is 42.1 Å². The molecule has 25 heavy (non-hydrogen) atoms. The Kier molecular flexibility index (Phi) is 4.17. The lowest BCUT2D eigenvalue weighted by Gasteiger charge is -2.32. The number of hydrogen-bond acceptors (Lipinski definition) is 3. The number of aromatic nitrogens is 3. The Morgan fingerprint density at radius 1 is 1.24 bits per heavy atom. The van der Waals surface area contributed by atoms with Gasteiger partial charge in [-0.3, -0.25) is 0 Å². The molecule has 0 radical (unpaired) electrons. The van der Waals surface area contributed by atoms with Crippen molar-refractivity contribution in [2.75, 3.05) is 5.32 Å². The highest BCUT2D eigenvalue weighted by atomic mass is 35.5. The molecule has 0 unspecified atom stereocenters. The zero-order valence-corrected chi connectivity index (χ0v) is 14.5. The Hall–Kier alpha value is -2.40. The molecule has 128 valence electrons. The SMILES string of the molecule is CCc1ccc([C@H]2C[C@@H](c3c(F)cccc3Cl)n3ncnc3N2)cc1. The van der Waals surface area contributed by atoms with Crippen LogP contribution in [-0.2, 0) is 6.42 Å². The molecule has 1 aliphatic heterocycles. The number of nitrogens with one attached hydrogen (secondary N) is 1. The molecule has 1 N–H and O–H groups in total. The summed E-state index contributed by atoms with van der Waals surface area (Å²) in [4.78, 5) is 4.28. The van der Waals surface area contributed by atoms with Crippen LogP contribution >= 0.6 is 11.6 Å². The van der Waals surface area contributed by atoms with Crippen molar-refractivity contribution in [1.29, 1.82) is 0 Å². The van der Waals surface area contributed by atoms with E-state index in [0.29, 0.717) is 23.0 Å². The van der Waals surface area contributed by atoms with Crippen LogP contribution in [-0.4, -0.2) is 14.8 Å². The van der Waals surface area contributed by atoms with Crippen molar-refractivity contribution in [2.45, 2.75) is 31.8 Å². The van der Waals surface area contributed by atoms with Gasteiger partial charge in [-0.2, -0.15) is 10.1 Å². The van der Waals surface area contributed by atoms with Crippen molar-refractivity contribution >= 4 is 17.5 Å². The van der Waals surface area contributed by atoms with E-state index in [4.69, 9.17) is 11.6 Å². The molecule has 2 heterocycles. The lowest BCUT2D eigenvalue weighted by atomic mass is 9.92. The number of nitrogens with zero attached hydrogens (tertiary/aromatic N) is 3. The highest BCUT2D eigenvalue weighted by Crippen LogP contribution is 2.40. The van der Waals surface area contributed by atoms with Gasteiger partial charge in [-0.25, -0.2) is 9.07 Å². The molecule has 0 saturated carbocycles. The van der Waals surface area contributed by atoms with Crippen LogP contribution in [0.2, 0.25) is 5.02 Å². The minimum Gasteiger partial charge on any atom is -0.348 e. The van der Waals surface area contributed by atoms with Gasteiger partial charge in [0.05, 0.1) is 12.1 Å². The average molecular weight is 357 g/mol. The molecule has 0 fully saturated rings. The molecule has 0 amide bonds. The van der Waals surface area contributed by atoms with Crippen LogP contribution in [0.15, 0.2) is 48.8 Å². The third-order valence-corrected chi connectivity index (χ3v) is 5.08. The van der Waals surface area contributed by atoms with Gasteiger partial charge in [0.15, 0.2) is 0 Å². The maximum atomic E-state index is 14.5. The lowest BCUT2D eigenvalue weighted by molar-refractivity contribution is 0.416. The van der Waals surface area contributed by atoms with Crippen molar-refractivity contribution in [1.82, 2.24) is 14.8 Å². The quantitative estimate of drug-likeness (QED) is 0.734. The number of anilines is 1. The van der Waals surface area contributed by atoms with Crippen molar-refractivity contribution in [3.8, 4) is 0 Å². The highest BCUT2D eigenvalue weighted by molar-refractivity contribution is 6.31. The summed E-state index contributed by atoms with van der Waals surface area (Å²) in [6, 6.07) is 13.0. The van der Waals surface area contributed by atoms with Crippen LogP contribution in [0.25, 0.3) is 0 Å². The molecule has 1 aromatic heterocycles. The summed E-state index contributed by atoms with van der Waals surface area (Å²) < 4.78 is 16.2. The van der Waals surface area contributed by atoms with Crippen LogP contribution in [0.3, 0.4) is 0 Å². The fourth-order valence-corrected chi connectivity index (χ4v) is 3.68. The smallest absolute Gasteiger partial charge is 0.222 e. The highest BCUT2D eigenvalue weighted by Gasteiger charge is 2.32. The Bertz CT molecular complexity index is 870. The van der Waals surface area contributed by atoms with E-state index in [9.17, 15) is 4.39 Å². The maximum Gasteiger partial charge on any atom is 0.222 e. The van der Waals surface area contributed by atoms with Gasteiger partial charge in [0.25, 0.3) is 0 Å². The van der Waals surface area contributed by atoms with Crippen molar-refractivity contribution in [3.63, 3.8) is 0 Å². The Labute approximate surface area is 150 Å². The Morgan fingerprint density at radius 3 is 2.76 bits per heavy atom. The number of hydrogen-bond donors (Lipinski definition) is 1. The first-order chi connectivity index (χ1) is 12.2. The first-order valence-electron chi connectivity index (χ1n) is 8.36. The molecule has 3 aromatic rings. The number of aryl methyl sites for hydroxylation is 1. The fourth-order valence-electron chi connectivity index (χ4n) is 3.39. The number of benzene rings is 2. The minimum atomic E-state index is -0.319. The van der Waals surface area contributed by atoms with Gasteiger partial charge < -0.3 is 5.32 Å². The lowest BCUT2D eigenvalue weighted by Crippen LogP contribution is -2.28. The summed E-state index contributed by atoms with van der Waals surface area (Å²) in [5.41, 5.74) is 2.90. The van der Waals surface area contributed by atoms with Gasteiger partial charge in [-0.1, -0.05) is 48.9 Å². The molecule has 6 heteroatoms. The van der Waals surface area contributed by atoms with Gasteiger partial charge in [0.2, 0.25) is 5.95 Å². The summed E-state index contributed by atoms with van der Waals surface area (Å²) in [6.07, 6.45) is 3.12. The summed E-state index contributed by atoms with van der Waals surface area (Å²) >= 11 is 6.31. The van der Waals surface area contributed by atoms with Gasteiger partial charge in [0, 0.05) is 10.6 Å². The molecule has 2 atom stereocenters. The van der Waals surface area contributed by atoms with E-state index in [0.717, 1.165) is 12.0 Å². The second-order valence-electron chi connectivity index (χ2n) is 6.21. The monoisotopic (exact) mass is 356 g/mol.